The van der Waals surface area contributed by atoms with E-state index in [9.17, 15) is 33.9 Å². The van der Waals surface area contributed by atoms with Gasteiger partial charge in [-0.25, -0.2) is 4.79 Å². The summed E-state index contributed by atoms with van der Waals surface area (Å²) in [6.45, 7) is 17.6. The second-order valence-electron chi connectivity index (χ2n) is 15.8. The average Bonchev–Trinajstić information content (AvgIpc) is 3.05. The topological polar surface area (TPSA) is 181 Å². The Hall–Kier alpha value is -4.56. The van der Waals surface area contributed by atoms with Crippen LogP contribution >= 0.6 is 0 Å². The van der Waals surface area contributed by atoms with E-state index in [2.05, 4.69) is 6.58 Å². The lowest BCUT2D eigenvalue weighted by molar-refractivity contribution is -0.231. The molecule has 14 nitrogen and oxygen atoms in total. The number of aliphatic hydroxyl groups excluding tert-OH is 1. The Morgan fingerprint density at radius 2 is 1.31 bits per heavy atom. The molecule has 2 bridgehead atoms. The maximum Gasteiger partial charge on any atom is 0.337 e. The standard InChI is InChI=1S/C41H55NO13/c1-20-29(50-22(3)43)18-28-36(52-24(5)45)33-21(2)30(55-39(49)35(48)34(42(11)12)27-16-14-13-15-17-27)19-31(51-23(4)44)41(33,10)38(54-26(7)47)37(53-25(6)46)32(20)40(28,8)9/h13-17,28-31,33-38,48H,2,18-19H2,1,3-12H3/t28-,29-,30-,31-,33-,34-,35+,36+,37+,38-,41+/m0/s1. The number of rotatable bonds is 10. The van der Waals surface area contributed by atoms with Crippen molar-refractivity contribution in [2.75, 3.05) is 14.1 Å². The predicted octanol–water partition coefficient (Wildman–Crippen LogP) is 4.18. The largest absolute Gasteiger partial charge is 0.462 e. The molecule has 4 rings (SSSR count). The Morgan fingerprint density at radius 3 is 1.82 bits per heavy atom. The van der Waals surface area contributed by atoms with Gasteiger partial charge < -0.3 is 33.5 Å². The zero-order valence-corrected chi connectivity index (χ0v) is 33.6. The molecule has 1 aromatic carbocycles. The Morgan fingerprint density at radius 1 is 0.764 bits per heavy atom. The summed E-state index contributed by atoms with van der Waals surface area (Å²) in [7, 11) is 3.42. The van der Waals surface area contributed by atoms with Gasteiger partial charge in [-0.1, -0.05) is 57.7 Å². The molecule has 0 amide bonds. The number of hydrogen-bond acceptors (Lipinski definition) is 14. The first kappa shape index (κ1) is 43.2. The molecular formula is C41H55NO13. The molecular weight excluding hydrogens is 714 g/mol. The van der Waals surface area contributed by atoms with Crippen LogP contribution in [-0.2, 0) is 57.2 Å². The Balaban J connectivity index is 2.01. The predicted molar refractivity (Wildman–Crippen MR) is 196 cm³/mol. The van der Waals surface area contributed by atoms with Gasteiger partial charge >= 0.3 is 35.8 Å². The van der Waals surface area contributed by atoms with E-state index in [4.69, 9.17) is 28.4 Å². The molecule has 2 saturated carbocycles. The number of carbonyl (C=O) groups is 6. The van der Waals surface area contributed by atoms with Crippen LogP contribution in [0.5, 0.6) is 0 Å². The van der Waals surface area contributed by atoms with Gasteiger partial charge in [0.15, 0.2) is 18.3 Å². The Kier molecular flexibility index (Phi) is 13.1. The van der Waals surface area contributed by atoms with Crippen LogP contribution in [0.2, 0.25) is 0 Å². The zero-order chi connectivity index (χ0) is 41.3. The third kappa shape index (κ3) is 8.65. The first-order chi connectivity index (χ1) is 25.5. The molecule has 14 heteroatoms. The number of esters is 6. The summed E-state index contributed by atoms with van der Waals surface area (Å²) in [4.78, 5) is 80.3. The molecule has 0 heterocycles. The molecule has 3 aliphatic carbocycles. The second-order valence-corrected chi connectivity index (χ2v) is 15.8. The van der Waals surface area contributed by atoms with Gasteiger partial charge in [0, 0.05) is 52.9 Å². The summed E-state index contributed by atoms with van der Waals surface area (Å²) in [6.07, 6.45) is -8.94. The van der Waals surface area contributed by atoms with Crippen LogP contribution < -0.4 is 0 Å². The van der Waals surface area contributed by atoms with Gasteiger partial charge in [-0.2, -0.15) is 0 Å². The second kappa shape index (κ2) is 16.7. The molecule has 0 saturated heterocycles. The third-order valence-corrected chi connectivity index (χ3v) is 11.5. The number of benzene rings is 1. The average molecular weight is 770 g/mol. The van der Waals surface area contributed by atoms with E-state index in [1.807, 2.05) is 19.9 Å². The fourth-order valence-corrected chi connectivity index (χ4v) is 9.35. The maximum atomic E-state index is 14.0. The lowest BCUT2D eigenvalue weighted by Gasteiger charge is -2.61. The van der Waals surface area contributed by atoms with Crippen molar-refractivity contribution in [2.24, 2.45) is 22.7 Å². The van der Waals surface area contributed by atoms with Crippen molar-refractivity contribution in [2.45, 2.75) is 124 Å². The molecule has 0 aromatic heterocycles. The molecule has 0 aliphatic heterocycles. The van der Waals surface area contributed by atoms with Crippen molar-refractivity contribution in [3.05, 3.63) is 59.2 Å². The van der Waals surface area contributed by atoms with Gasteiger partial charge in [-0.15, -0.1) is 0 Å². The highest BCUT2D eigenvalue weighted by Gasteiger charge is 2.68. The smallest absolute Gasteiger partial charge is 0.337 e. The zero-order valence-electron chi connectivity index (χ0n) is 33.6. The van der Waals surface area contributed by atoms with Crippen LogP contribution in [0.3, 0.4) is 0 Å². The first-order valence-corrected chi connectivity index (χ1v) is 18.4. The molecule has 0 radical (unpaired) electrons. The van der Waals surface area contributed by atoms with Gasteiger partial charge in [-0.3, -0.25) is 28.9 Å². The first-order valence-electron chi connectivity index (χ1n) is 18.4. The van der Waals surface area contributed by atoms with E-state index >= 15 is 0 Å². The quantitative estimate of drug-likeness (QED) is 0.203. The summed E-state index contributed by atoms with van der Waals surface area (Å²) in [5.74, 6) is -6.24. The van der Waals surface area contributed by atoms with E-state index in [-0.39, 0.29) is 18.4 Å². The fraction of sp³-hybridized carbons (Fsp3) is 0.610. The number of nitrogens with zero attached hydrogens (tertiary/aromatic N) is 1. The summed E-state index contributed by atoms with van der Waals surface area (Å²) < 4.78 is 36.4. The minimum atomic E-state index is -1.67. The van der Waals surface area contributed by atoms with Crippen molar-refractivity contribution >= 4 is 35.8 Å². The van der Waals surface area contributed by atoms with E-state index in [0.717, 1.165) is 0 Å². The summed E-state index contributed by atoms with van der Waals surface area (Å²) in [6, 6.07) is 8.12. The van der Waals surface area contributed by atoms with Crippen LogP contribution in [-0.4, -0.2) is 103 Å². The fourth-order valence-electron chi connectivity index (χ4n) is 9.35. The Labute approximate surface area is 322 Å². The van der Waals surface area contributed by atoms with E-state index in [1.54, 1.807) is 57.1 Å². The molecule has 11 atom stereocenters. The summed E-state index contributed by atoms with van der Waals surface area (Å²) in [5, 5.41) is 11.5. The van der Waals surface area contributed by atoms with Gasteiger partial charge in [0.2, 0.25) is 0 Å². The van der Waals surface area contributed by atoms with Crippen molar-refractivity contribution in [3.8, 4) is 0 Å². The Bertz CT molecular complexity index is 1720. The van der Waals surface area contributed by atoms with E-state index < -0.39 is 107 Å². The number of hydrogen-bond donors (Lipinski definition) is 1. The van der Waals surface area contributed by atoms with Crippen molar-refractivity contribution in [1.82, 2.24) is 4.90 Å². The van der Waals surface area contributed by atoms with Gasteiger partial charge in [0.05, 0.1) is 11.5 Å². The van der Waals surface area contributed by atoms with Crippen molar-refractivity contribution in [3.63, 3.8) is 0 Å². The van der Waals surface area contributed by atoms with Crippen LogP contribution in [0.4, 0.5) is 0 Å². The normalized spacial score (nSPS) is 31.0. The molecule has 1 aromatic rings. The van der Waals surface area contributed by atoms with E-state index in [0.29, 0.717) is 16.7 Å². The molecule has 0 unspecified atom stereocenters. The number of ether oxygens (including phenoxy) is 6. The lowest BCUT2D eigenvalue weighted by atomic mass is 9.48. The van der Waals surface area contributed by atoms with Crippen LogP contribution in [0.1, 0.15) is 86.8 Å². The van der Waals surface area contributed by atoms with Crippen LogP contribution in [0.15, 0.2) is 53.6 Å². The van der Waals surface area contributed by atoms with Crippen molar-refractivity contribution in [1.29, 1.82) is 0 Å². The molecule has 55 heavy (non-hydrogen) atoms. The summed E-state index contributed by atoms with van der Waals surface area (Å²) >= 11 is 0. The maximum absolute atomic E-state index is 14.0. The van der Waals surface area contributed by atoms with Crippen LogP contribution in [0, 0.1) is 22.7 Å². The minimum absolute atomic E-state index is 0.147. The van der Waals surface area contributed by atoms with Crippen LogP contribution in [0.25, 0.3) is 0 Å². The molecule has 1 N–H and O–H groups in total. The number of likely N-dealkylation sites (N-methyl/N-ethyl adjacent to an activating group) is 1. The highest BCUT2D eigenvalue weighted by molar-refractivity contribution is 5.76. The lowest BCUT2D eigenvalue weighted by Crippen LogP contribution is -2.68. The van der Waals surface area contributed by atoms with Gasteiger partial charge in [-0.05, 0) is 55.1 Å². The monoisotopic (exact) mass is 769 g/mol. The highest BCUT2D eigenvalue weighted by Crippen LogP contribution is 2.62. The van der Waals surface area contributed by atoms with Crippen molar-refractivity contribution < 1.29 is 62.3 Å². The SMILES string of the molecule is C=C1[C@@H](OC(=O)[C@H](O)[C@H](c2ccccc2)N(C)C)C[C@H](OC(C)=O)[C@@]2(C)[C@@H](OC(C)=O)[C@H](OC(C)=O)C3=C(C)[C@@H](OC(C)=O)C[C@@H]([C@@H](OC(C)=O)[C@H]12)C3(C)C. The third-order valence-electron chi connectivity index (χ3n) is 11.5. The molecule has 3 aliphatic rings. The van der Waals surface area contributed by atoms with Gasteiger partial charge in [0.1, 0.15) is 24.4 Å². The van der Waals surface area contributed by atoms with E-state index in [1.165, 1.54) is 34.6 Å². The molecule has 302 valence electrons. The number of fused-ring (bicyclic) bond motifs is 3. The number of carbonyl (C=O) groups excluding carboxylic acids is 6. The molecule has 2 fully saturated rings. The number of aliphatic hydroxyl groups is 1. The minimum Gasteiger partial charge on any atom is -0.462 e. The summed E-state index contributed by atoms with van der Waals surface area (Å²) in [5.41, 5.74) is -0.661. The molecule has 0 spiro atoms. The highest BCUT2D eigenvalue weighted by atomic mass is 16.6. The van der Waals surface area contributed by atoms with Gasteiger partial charge in [0.25, 0.3) is 0 Å².